The predicted molar refractivity (Wildman–Crippen MR) is 96.5 cm³/mol. The molecule has 136 valence electrons. The average Bonchev–Trinajstić information content (AvgIpc) is 2.92. The molecule has 1 atom stereocenters. The Morgan fingerprint density at radius 1 is 1.21 bits per heavy atom. The first-order valence-electron chi connectivity index (χ1n) is 9.07. The minimum Gasteiger partial charge on any atom is -0.337 e. The number of carbonyl (C=O) groups excluding carboxylic acids is 1. The summed E-state index contributed by atoms with van der Waals surface area (Å²) in [4.78, 5) is 14.7. The Kier molecular flexibility index (Phi) is 7.04. The van der Waals surface area contributed by atoms with Crippen molar-refractivity contribution in [2.75, 3.05) is 26.2 Å². The molecule has 2 aliphatic heterocycles. The molecule has 1 aromatic heterocycles. The number of amides is 1. The molecule has 24 heavy (non-hydrogen) atoms. The first kappa shape index (κ1) is 19.2. The summed E-state index contributed by atoms with van der Waals surface area (Å²) in [5.74, 6) is 1.48. The van der Waals surface area contributed by atoms with Crippen molar-refractivity contribution in [1.82, 2.24) is 25.2 Å². The first-order chi connectivity index (χ1) is 11.1. The number of halogens is 1. The molecule has 0 saturated carbocycles. The largest absolute Gasteiger partial charge is 0.337 e. The van der Waals surface area contributed by atoms with E-state index in [0.29, 0.717) is 17.7 Å². The van der Waals surface area contributed by atoms with E-state index in [9.17, 15) is 4.79 Å². The summed E-state index contributed by atoms with van der Waals surface area (Å²) in [5, 5.41) is 11.7. The molecule has 0 bridgehead atoms. The quantitative estimate of drug-likeness (QED) is 0.904. The third-order valence-electron chi connectivity index (χ3n) is 5.41. The summed E-state index contributed by atoms with van der Waals surface area (Å²) >= 11 is 0. The third-order valence-corrected chi connectivity index (χ3v) is 5.41. The zero-order valence-electron chi connectivity index (χ0n) is 14.8. The van der Waals surface area contributed by atoms with Crippen molar-refractivity contribution in [2.45, 2.75) is 52.0 Å². The highest BCUT2D eigenvalue weighted by Crippen LogP contribution is 2.25. The van der Waals surface area contributed by atoms with E-state index >= 15 is 0 Å². The molecule has 0 aliphatic carbocycles. The van der Waals surface area contributed by atoms with Gasteiger partial charge >= 0.3 is 0 Å². The lowest BCUT2D eigenvalue weighted by Crippen LogP contribution is -2.32. The van der Waals surface area contributed by atoms with E-state index in [-0.39, 0.29) is 18.3 Å². The number of rotatable bonds is 3. The lowest BCUT2D eigenvalue weighted by atomic mass is 9.89. The SMILES string of the molecule is CC(C)C1CCCN(C(=O)c2cn(C3CCNCC3)nn2)CC1.Cl. The van der Waals surface area contributed by atoms with E-state index in [2.05, 4.69) is 29.5 Å². The van der Waals surface area contributed by atoms with Gasteiger partial charge in [-0.25, -0.2) is 4.68 Å². The number of hydrogen-bond donors (Lipinski definition) is 1. The van der Waals surface area contributed by atoms with Gasteiger partial charge < -0.3 is 10.2 Å². The molecule has 1 aromatic rings. The summed E-state index contributed by atoms with van der Waals surface area (Å²) in [7, 11) is 0. The molecule has 2 fully saturated rings. The number of nitrogens with zero attached hydrogens (tertiary/aromatic N) is 4. The second-order valence-electron chi connectivity index (χ2n) is 7.29. The molecule has 7 heteroatoms. The third kappa shape index (κ3) is 4.48. The fourth-order valence-corrected chi connectivity index (χ4v) is 3.78. The van der Waals surface area contributed by atoms with Crippen molar-refractivity contribution in [2.24, 2.45) is 11.8 Å². The summed E-state index contributed by atoms with van der Waals surface area (Å²) in [6.45, 7) is 8.29. The normalized spacial score (nSPS) is 23.0. The van der Waals surface area contributed by atoms with E-state index in [1.807, 2.05) is 15.8 Å². The van der Waals surface area contributed by atoms with Gasteiger partial charge in [0, 0.05) is 13.1 Å². The van der Waals surface area contributed by atoms with Crippen LogP contribution in [0.3, 0.4) is 0 Å². The van der Waals surface area contributed by atoms with Crippen molar-refractivity contribution in [1.29, 1.82) is 0 Å². The highest BCUT2D eigenvalue weighted by atomic mass is 35.5. The number of likely N-dealkylation sites (tertiary alicyclic amines) is 1. The predicted octanol–water partition coefficient (Wildman–Crippen LogP) is 2.52. The van der Waals surface area contributed by atoms with Gasteiger partial charge in [-0.05, 0) is 57.0 Å². The number of piperidine rings is 1. The van der Waals surface area contributed by atoms with Gasteiger partial charge in [-0.1, -0.05) is 19.1 Å². The van der Waals surface area contributed by atoms with E-state index in [0.717, 1.165) is 57.8 Å². The molecular weight excluding hydrogens is 326 g/mol. The number of aromatic nitrogens is 3. The summed E-state index contributed by atoms with van der Waals surface area (Å²) in [6, 6.07) is 0.375. The van der Waals surface area contributed by atoms with Crippen LogP contribution in [0.15, 0.2) is 6.20 Å². The molecule has 0 aromatic carbocycles. The van der Waals surface area contributed by atoms with Crippen LogP contribution < -0.4 is 5.32 Å². The molecule has 1 amide bonds. The van der Waals surface area contributed by atoms with Gasteiger partial charge in [0.1, 0.15) is 0 Å². The van der Waals surface area contributed by atoms with Crippen LogP contribution in [0.4, 0.5) is 0 Å². The Morgan fingerprint density at radius 2 is 1.96 bits per heavy atom. The van der Waals surface area contributed by atoms with Gasteiger partial charge in [-0.3, -0.25) is 4.79 Å². The zero-order valence-corrected chi connectivity index (χ0v) is 15.6. The minimum absolute atomic E-state index is 0. The Balaban J connectivity index is 0.00000208. The Bertz CT molecular complexity index is 527. The fourth-order valence-electron chi connectivity index (χ4n) is 3.78. The molecule has 6 nitrogen and oxygen atoms in total. The van der Waals surface area contributed by atoms with Crippen LogP contribution in [0.5, 0.6) is 0 Å². The Labute approximate surface area is 150 Å². The summed E-state index contributed by atoms with van der Waals surface area (Å²) < 4.78 is 1.89. The van der Waals surface area contributed by atoms with Crippen LogP contribution in [0.25, 0.3) is 0 Å². The van der Waals surface area contributed by atoms with Crippen LogP contribution in [-0.4, -0.2) is 52.0 Å². The molecule has 2 aliphatic rings. The molecule has 1 unspecified atom stereocenters. The number of carbonyl (C=O) groups is 1. The van der Waals surface area contributed by atoms with Gasteiger partial charge in [0.25, 0.3) is 5.91 Å². The number of nitrogens with one attached hydrogen (secondary N) is 1. The van der Waals surface area contributed by atoms with Crippen molar-refractivity contribution < 1.29 is 4.79 Å². The van der Waals surface area contributed by atoms with Gasteiger partial charge in [0.2, 0.25) is 0 Å². The van der Waals surface area contributed by atoms with Gasteiger partial charge in [0.05, 0.1) is 12.2 Å². The van der Waals surface area contributed by atoms with E-state index in [1.54, 1.807) is 0 Å². The second kappa shape index (κ2) is 8.81. The van der Waals surface area contributed by atoms with Gasteiger partial charge in [-0.2, -0.15) is 0 Å². The maximum absolute atomic E-state index is 12.7. The lowest BCUT2D eigenvalue weighted by molar-refractivity contribution is 0.0752. The van der Waals surface area contributed by atoms with Crippen molar-refractivity contribution in [3.8, 4) is 0 Å². The van der Waals surface area contributed by atoms with E-state index in [1.165, 1.54) is 6.42 Å². The molecule has 2 saturated heterocycles. The summed E-state index contributed by atoms with van der Waals surface area (Å²) in [6.07, 6.45) is 7.38. The van der Waals surface area contributed by atoms with E-state index in [4.69, 9.17) is 0 Å². The van der Waals surface area contributed by atoms with Crippen LogP contribution in [0.2, 0.25) is 0 Å². The minimum atomic E-state index is 0. The lowest BCUT2D eigenvalue weighted by Gasteiger charge is -2.22. The topological polar surface area (TPSA) is 63.1 Å². The standard InChI is InChI=1S/C17H29N5O.ClH/c1-13(2)14-4-3-10-21(11-7-14)17(23)16-12-22(20-19-16)15-5-8-18-9-6-15;/h12-15,18H,3-11H2,1-2H3;1H. The smallest absolute Gasteiger partial charge is 0.276 e. The van der Waals surface area contributed by atoms with Crippen LogP contribution >= 0.6 is 12.4 Å². The van der Waals surface area contributed by atoms with Crippen LogP contribution in [-0.2, 0) is 0 Å². The molecule has 1 N–H and O–H groups in total. The fraction of sp³-hybridized carbons (Fsp3) is 0.824. The Morgan fingerprint density at radius 3 is 2.67 bits per heavy atom. The molecule has 0 radical (unpaired) electrons. The highest BCUT2D eigenvalue weighted by molar-refractivity contribution is 5.91. The van der Waals surface area contributed by atoms with Crippen molar-refractivity contribution >= 4 is 18.3 Å². The maximum atomic E-state index is 12.7. The second-order valence-corrected chi connectivity index (χ2v) is 7.29. The van der Waals surface area contributed by atoms with Crippen molar-refractivity contribution in [3.05, 3.63) is 11.9 Å². The van der Waals surface area contributed by atoms with Gasteiger partial charge in [0.15, 0.2) is 5.69 Å². The average molecular weight is 356 g/mol. The first-order valence-corrected chi connectivity index (χ1v) is 9.07. The Hall–Kier alpha value is -1.14. The maximum Gasteiger partial charge on any atom is 0.276 e. The number of hydrogen-bond acceptors (Lipinski definition) is 4. The monoisotopic (exact) mass is 355 g/mol. The van der Waals surface area contributed by atoms with Crippen molar-refractivity contribution in [3.63, 3.8) is 0 Å². The van der Waals surface area contributed by atoms with E-state index < -0.39 is 0 Å². The highest BCUT2D eigenvalue weighted by Gasteiger charge is 2.25. The molecule has 0 spiro atoms. The van der Waals surface area contributed by atoms with Crippen LogP contribution in [0.1, 0.15) is 62.5 Å². The zero-order chi connectivity index (χ0) is 16.2. The van der Waals surface area contributed by atoms with Gasteiger partial charge in [-0.15, -0.1) is 17.5 Å². The van der Waals surface area contributed by atoms with Crippen LogP contribution in [0, 0.1) is 11.8 Å². The molecular formula is C17H30ClN5O. The molecule has 3 rings (SSSR count). The molecule has 3 heterocycles. The summed E-state index contributed by atoms with van der Waals surface area (Å²) in [5.41, 5.74) is 0.506.